The van der Waals surface area contributed by atoms with Gasteiger partial charge in [0.1, 0.15) is 0 Å². The van der Waals surface area contributed by atoms with E-state index >= 15 is 0 Å². The summed E-state index contributed by atoms with van der Waals surface area (Å²) in [6, 6.07) is 16.8. The molecular formula is C18H21NO. The molecule has 2 heteroatoms. The fourth-order valence-corrected chi connectivity index (χ4v) is 2.67. The highest BCUT2D eigenvalue weighted by Gasteiger charge is 2.27. The van der Waals surface area contributed by atoms with E-state index in [0.717, 1.165) is 5.69 Å². The molecule has 3 rings (SSSR count). The summed E-state index contributed by atoms with van der Waals surface area (Å²) >= 11 is 0. The van der Waals surface area contributed by atoms with Gasteiger partial charge in [0.2, 0.25) is 0 Å². The molecule has 0 bridgehead atoms. The average Bonchev–Trinajstić information content (AvgIpc) is 3.31. The van der Waals surface area contributed by atoms with E-state index in [0.29, 0.717) is 5.92 Å². The lowest BCUT2D eigenvalue weighted by Crippen LogP contribution is -2.16. The van der Waals surface area contributed by atoms with Gasteiger partial charge in [-0.1, -0.05) is 42.0 Å². The Balaban J connectivity index is 1.84. The van der Waals surface area contributed by atoms with E-state index in [2.05, 4.69) is 60.8 Å². The summed E-state index contributed by atoms with van der Waals surface area (Å²) in [4.78, 5) is 0. The zero-order valence-corrected chi connectivity index (χ0v) is 11.8. The molecule has 0 aromatic heterocycles. The van der Waals surface area contributed by atoms with Crippen LogP contribution in [0.5, 0.6) is 0 Å². The van der Waals surface area contributed by atoms with Crippen molar-refractivity contribution in [3.05, 3.63) is 65.2 Å². The van der Waals surface area contributed by atoms with Crippen molar-refractivity contribution in [3.8, 4) is 0 Å². The lowest BCUT2D eigenvalue weighted by molar-refractivity contribution is 0.276. The lowest BCUT2D eigenvalue weighted by atomic mass is 9.97. The highest BCUT2D eigenvalue weighted by Crippen LogP contribution is 2.43. The van der Waals surface area contributed by atoms with Crippen LogP contribution >= 0.6 is 0 Å². The quantitative estimate of drug-likeness (QED) is 0.857. The van der Waals surface area contributed by atoms with Gasteiger partial charge in [-0.3, -0.25) is 0 Å². The van der Waals surface area contributed by atoms with Crippen LogP contribution in [0, 0.1) is 6.92 Å². The molecule has 1 unspecified atom stereocenters. The predicted molar refractivity (Wildman–Crippen MR) is 83.0 cm³/mol. The second kappa shape index (κ2) is 5.68. The van der Waals surface area contributed by atoms with E-state index in [-0.39, 0.29) is 12.6 Å². The number of aryl methyl sites for hydroxylation is 1. The molecular weight excluding hydrogens is 246 g/mol. The first-order chi connectivity index (χ1) is 9.78. The first-order valence-corrected chi connectivity index (χ1v) is 7.31. The first-order valence-electron chi connectivity index (χ1n) is 7.31. The maximum Gasteiger partial charge on any atom is 0.0747 e. The minimum Gasteiger partial charge on any atom is -0.394 e. The molecule has 20 heavy (non-hydrogen) atoms. The third-order valence-electron chi connectivity index (χ3n) is 3.96. The van der Waals surface area contributed by atoms with Gasteiger partial charge in [-0.2, -0.15) is 0 Å². The fraction of sp³-hybridized carbons (Fsp3) is 0.333. The van der Waals surface area contributed by atoms with Crippen LogP contribution in [0.15, 0.2) is 48.5 Å². The van der Waals surface area contributed by atoms with Crippen molar-refractivity contribution in [2.45, 2.75) is 31.7 Å². The van der Waals surface area contributed by atoms with Crippen LogP contribution in [0.3, 0.4) is 0 Å². The minimum atomic E-state index is -0.0329. The van der Waals surface area contributed by atoms with Gasteiger partial charge < -0.3 is 10.4 Å². The molecule has 0 amide bonds. The number of nitrogens with one attached hydrogen (secondary N) is 1. The van der Waals surface area contributed by atoms with Crippen LogP contribution < -0.4 is 5.32 Å². The van der Waals surface area contributed by atoms with Crippen LogP contribution in [-0.4, -0.2) is 11.7 Å². The molecule has 0 heterocycles. The van der Waals surface area contributed by atoms with Gasteiger partial charge in [0.25, 0.3) is 0 Å². The zero-order chi connectivity index (χ0) is 13.9. The van der Waals surface area contributed by atoms with E-state index in [9.17, 15) is 5.11 Å². The number of hydrogen-bond acceptors (Lipinski definition) is 2. The Kier molecular flexibility index (Phi) is 3.75. The van der Waals surface area contributed by atoms with E-state index in [1.165, 1.54) is 29.5 Å². The molecule has 2 aromatic rings. The fourth-order valence-electron chi connectivity index (χ4n) is 2.67. The van der Waals surface area contributed by atoms with Gasteiger partial charge in [-0.15, -0.1) is 0 Å². The Labute approximate surface area is 120 Å². The van der Waals surface area contributed by atoms with Gasteiger partial charge >= 0.3 is 0 Å². The highest BCUT2D eigenvalue weighted by atomic mass is 16.3. The van der Waals surface area contributed by atoms with Gasteiger partial charge in [0, 0.05) is 5.69 Å². The Hall–Kier alpha value is -1.80. The molecule has 1 atom stereocenters. The largest absolute Gasteiger partial charge is 0.394 e. The van der Waals surface area contributed by atoms with Crippen molar-refractivity contribution in [2.75, 3.05) is 11.9 Å². The van der Waals surface area contributed by atoms with Crippen LogP contribution in [0.1, 0.15) is 41.5 Å². The summed E-state index contributed by atoms with van der Waals surface area (Å²) in [5.74, 6) is 0.695. The zero-order valence-electron chi connectivity index (χ0n) is 11.8. The second-order valence-corrected chi connectivity index (χ2v) is 5.65. The van der Waals surface area contributed by atoms with Crippen LogP contribution in [0.4, 0.5) is 5.69 Å². The molecule has 104 valence electrons. The molecule has 2 aromatic carbocycles. The maximum absolute atomic E-state index is 9.76. The minimum absolute atomic E-state index is 0.0329. The van der Waals surface area contributed by atoms with Gasteiger partial charge in [-0.25, -0.2) is 0 Å². The Bertz CT molecular complexity index is 572. The maximum atomic E-state index is 9.76. The molecule has 1 aliphatic carbocycles. The van der Waals surface area contributed by atoms with Crippen molar-refractivity contribution in [2.24, 2.45) is 0 Å². The molecule has 1 saturated carbocycles. The molecule has 0 saturated heterocycles. The number of anilines is 1. The lowest BCUT2D eigenvalue weighted by Gasteiger charge is -2.21. The summed E-state index contributed by atoms with van der Waals surface area (Å²) in [6.07, 6.45) is 2.55. The smallest absolute Gasteiger partial charge is 0.0747 e. The molecule has 0 radical (unpaired) electrons. The predicted octanol–water partition coefficient (Wildman–Crippen LogP) is 4.02. The monoisotopic (exact) mass is 267 g/mol. The molecule has 1 aliphatic rings. The number of benzene rings is 2. The number of aliphatic hydroxyl groups is 1. The van der Waals surface area contributed by atoms with Crippen molar-refractivity contribution in [1.82, 2.24) is 0 Å². The molecule has 0 spiro atoms. The summed E-state index contributed by atoms with van der Waals surface area (Å²) in [7, 11) is 0. The van der Waals surface area contributed by atoms with Gasteiger partial charge in [0.05, 0.1) is 12.6 Å². The van der Waals surface area contributed by atoms with Crippen LogP contribution in [-0.2, 0) is 0 Å². The van der Waals surface area contributed by atoms with E-state index in [4.69, 9.17) is 0 Å². The molecule has 0 aliphatic heterocycles. The first kappa shape index (κ1) is 13.2. The standard InChI is InChI=1S/C18H21NO/c1-13-6-10-15(11-7-13)19-18(12-20)17-5-3-2-4-16(17)14-8-9-14/h2-7,10-11,14,18-20H,8-9,12H2,1H3. The molecule has 2 nitrogen and oxygen atoms in total. The SMILES string of the molecule is Cc1ccc(NC(CO)c2ccccc2C2CC2)cc1. The van der Waals surface area contributed by atoms with Crippen LogP contribution in [0.25, 0.3) is 0 Å². The van der Waals surface area contributed by atoms with Crippen molar-refractivity contribution in [3.63, 3.8) is 0 Å². The number of hydrogen-bond donors (Lipinski definition) is 2. The third kappa shape index (κ3) is 2.86. The Morgan fingerprint density at radius 2 is 1.80 bits per heavy atom. The Morgan fingerprint density at radius 3 is 2.45 bits per heavy atom. The van der Waals surface area contributed by atoms with Crippen LogP contribution in [0.2, 0.25) is 0 Å². The normalized spacial score (nSPS) is 15.9. The van der Waals surface area contributed by atoms with E-state index < -0.39 is 0 Å². The van der Waals surface area contributed by atoms with Crippen molar-refractivity contribution >= 4 is 5.69 Å². The van der Waals surface area contributed by atoms with Crippen molar-refractivity contribution < 1.29 is 5.11 Å². The summed E-state index contributed by atoms with van der Waals surface area (Å²) < 4.78 is 0. The topological polar surface area (TPSA) is 32.3 Å². The van der Waals surface area contributed by atoms with E-state index in [1.54, 1.807) is 0 Å². The third-order valence-corrected chi connectivity index (χ3v) is 3.96. The van der Waals surface area contributed by atoms with E-state index in [1.807, 2.05) is 0 Å². The van der Waals surface area contributed by atoms with Crippen molar-refractivity contribution in [1.29, 1.82) is 0 Å². The summed E-state index contributed by atoms with van der Waals surface area (Å²) in [6.45, 7) is 2.19. The molecule has 1 fully saturated rings. The second-order valence-electron chi connectivity index (χ2n) is 5.65. The van der Waals surface area contributed by atoms with Gasteiger partial charge in [-0.05, 0) is 48.9 Å². The average molecular weight is 267 g/mol. The molecule has 2 N–H and O–H groups in total. The number of aliphatic hydroxyl groups excluding tert-OH is 1. The Morgan fingerprint density at radius 1 is 1.10 bits per heavy atom. The summed E-state index contributed by atoms with van der Waals surface area (Å²) in [5.41, 5.74) is 4.93. The number of rotatable bonds is 5. The summed E-state index contributed by atoms with van der Waals surface area (Å²) in [5, 5.41) is 13.2. The highest BCUT2D eigenvalue weighted by molar-refractivity contribution is 5.48. The van der Waals surface area contributed by atoms with Gasteiger partial charge in [0.15, 0.2) is 0 Å².